The largest absolute Gasteiger partial charge is 0.298 e. The Labute approximate surface area is 114 Å². The molecular weight excluding hydrogens is 244 g/mol. The fraction of sp³-hybridized carbons (Fsp3) is 0.714. The van der Waals surface area contributed by atoms with Crippen molar-refractivity contribution in [2.75, 3.05) is 11.5 Å². The van der Waals surface area contributed by atoms with Crippen LogP contribution >= 0.6 is 11.8 Å². The summed E-state index contributed by atoms with van der Waals surface area (Å²) < 4.78 is 1.95. The lowest BCUT2D eigenvalue weighted by Crippen LogP contribution is -2.11. The van der Waals surface area contributed by atoms with Gasteiger partial charge in [0.15, 0.2) is 0 Å². The molecule has 0 unspecified atom stereocenters. The second-order valence-electron chi connectivity index (χ2n) is 4.92. The van der Waals surface area contributed by atoms with Crippen LogP contribution in [0.4, 0.5) is 0 Å². The third-order valence-corrected chi connectivity index (χ3v) is 4.10. The van der Waals surface area contributed by atoms with Crippen molar-refractivity contribution in [2.24, 2.45) is 5.92 Å². The molecule has 18 heavy (non-hydrogen) atoms. The zero-order valence-electron chi connectivity index (χ0n) is 11.9. The van der Waals surface area contributed by atoms with E-state index in [9.17, 15) is 4.79 Å². The summed E-state index contributed by atoms with van der Waals surface area (Å²) in [6.07, 6.45) is 1.45. The molecule has 0 aliphatic rings. The molecule has 1 aromatic heterocycles. The van der Waals surface area contributed by atoms with Crippen molar-refractivity contribution >= 4 is 17.5 Å². The van der Waals surface area contributed by atoms with E-state index in [2.05, 4.69) is 38.9 Å². The summed E-state index contributed by atoms with van der Waals surface area (Å²) in [4.78, 5) is 11.9. The van der Waals surface area contributed by atoms with Crippen molar-refractivity contribution in [3.8, 4) is 0 Å². The van der Waals surface area contributed by atoms with Crippen LogP contribution in [0.15, 0.2) is 6.07 Å². The quantitative estimate of drug-likeness (QED) is 0.727. The van der Waals surface area contributed by atoms with Gasteiger partial charge in [0.2, 0.25) is 0 Å². The highest BCUT2D eigenvalue weighted by Crippen LogP contribution is 2.11. The second kappa shape index (κ2) is 7.62. The summed E-state index contributed by atoms with van der Waals surface area (Å²) in [5, 5.41) is 4.47. The number of hydrogen-bond acceptors (Lipinski definition) is 3. The molecule has 0 saturated heterocycles. The lowest BCUT2D eigenvalue weighted by atomic mass is 10.2. The number of ketones is 1. The van der Waals surface area contributed by atoms with Gasteiger partial charge in [0.05, 0.1) is 11.4 Å². The molecule has 0 aliphatic carbocycles. The Morgan fingerprint density at radius 1 is 1.44 bits per heavy atom. The summed E-state index contributed by atoms with van der Waals surface area (Å²) in [6.45, 7) is 9.34. The molecule has 0 saturated carbocycles. The van der Waals surface area contributed by atoms with Gasteiger partial charge in [-0.3, -0.25) is 9.48 Å². The molecule has 0 aromatic carbocycles. The highest BCUT2D eigenvalue weighted by Gasteiger charge is 2.10. The average molecular weight is 268 g/mol. The van der Waals surface area contributed by atoms with Crippen molar-refractivity contribution in [2.45, 2.75) is 47.1 Å². The number of aromatic nitrogens is 2. The maximum absolute atomic E-state index is 11.9. The van der Waals surface area contributed by atoms with Crippen LogP contribution in [0, 0.1) is 5.92 Å². The molecule has 0 fully saturated rings. The van der Waals surface area contributed by atoms with Gasteiger partial charge in [0, 0.05) is 18.7 Å². The number of thioether (sulfide) groups is 1. The molecule has 0 atom stereocenters. The molecule has 3 nitrogen and oxygen atoms in total. The SMILES string of the molecule is CCc1cc(CC(=O)CSCC(C)C)n(CC)n1. The first kappa shape index (κ1) is 15.3. The number of Topliss-reactive ketones (excluding diaryl/α,β-unsaturated/α-hetero) is 1. The first-order valence-electron chi connectivity index (χ1n) is 6.71. The molecule has 0 N–H and O–H groups in total. The van der Waals surface area contributed by atoms with E-state index in [1.165, 1.54) is 0 Å². The van der Waals surface area contributed by atoms with Crippen molar-refractivity contribution in [1.82, 2.24) is 9.78 Å². The first-order chi connectivity index (χ1) is 8.56. The Bertz CT molecular complexity index is 385. The number of carbonyl (C=O) groups is 1. The number of rotatable bonds is 8. The summed E-state index contributed by atoms with van der Waals surface area (Å²) in [6, 6.07) is 2.06. The molecule has 4 heteroatoms. The second-order valence-corrected chi connectivity index (χ2v) is 5.95. The van der Waals surface area contributed by atoms with Crippen molar-refractivity contribution in [3.05, 3.63) is 17.5 Å². The molecule has 0 amide bonds. The van der Waals surface area contributed by atoms with E-state index in [4.69, 9.17) is 0 Å². The Kier molecular flexibility index (Phi) is 6.47. The van der Waals surface area contributed by atoms with E-state index >= 15 is 0 Å². The van der Waals surface area contributed by atoms with Crippen molar-refractivity contribution in [1.29, 1.82) is 0 Å². The third-order valence-electron chi connectivity index (χ3n) is 2.67. The summed E-state index contributed by atoms with van der Waals surface area (Å²) in [7, 11) is 0. The van der Waals surface area contributed by atoms with Gasteiger partial charge < -0.3 is 0 Å². The highest BCUT2D eigenvalue weighted by molar-refractivity contribution is 7.99. The lowest BCUT2D eigenvalue weighted by Gasteiger charge is -2.05. The molecule has 1 aromatic rings. The smallest absolute Gasteiger partial charge is 0.148 e. The number of nitrogens with zero attached hydrogens (tertiary/aromatic N) is 2. The van der Waals surface area contributed by atoms with Crippen LogP contribution in [0.25, 0.3) is 0 Å². The molecule has 0 radical (unpaired) electrons. The van der Waals surface area contributed by atoms with Gasteiger partial charge in [0.1, 0.15) is 5.78 Å². The third kappa shape index (κ3) is 4.84. The number of hydrogen-bond donors (Lipinski definition) is 0. The van der Waals surface area contributed by atoms with Crippen LogP contribution < -0.4 is 0 Å². The molecule has 102 valence electrons. The van der Waals surface area contributed by atoms with Gasteiger partial charge in [-0.15, -0.1) is 0 Å². The van der Waals surface area contributed by atoms with Crippen LogP contribution in [0.3, 0.4) is 0 Å². The van der Waals surface area contributed by atoms with E-state index in [1.54, 1.807) is 11.8 Å². The van der Waals surface area contributed by atoms with Gasteiger partial charge >= 0.3 is 0 Å². The van der Waals surface area contributed by atoms with E-state index in [1.807, 2.05) is 4.68 Å². The maximum Gasteiger partial charge on any atom is 0.148 e. The van der Waals surface area contributed by atoms with E-state index in [-0.39, 0.29) is 0 Å². The van der Waals surface area contributed by atoms with Crippen LogP contribution in [0.1, 0.15) is 39.1 Å². The lowest BCUT2D eigenvalue weighted by molar-refractivity contribution is -0.116. The van der Waals surface area contributed by atoms with Crippen LogP contribution in [-0.2, 0) is 24.2 Å². The number of carbonyl (C=O) groups excluding carboxylic acids is 1. The zero-order chi connectivity index (χ0) is 13.5. The number of aryl methyl sites for hydroxylation is 2. The monoisotopic (exact) mass is 268 g/mol. The van der Waals surface area contributed by atoms with E-state index < -0.39 is 0 Å². The van der Waals surface area contributed by atoms with Gasteiger partial charge in [-0.2, -0.15) is 16.9 Å². The zero-order valence-corrected chi connectivity index (χ0v) is 12.7. The Morgan fingerprint density at radius 3 is 2.72 bits per heavy atom. The standard InChI is InChI=1S/C14H24N2OS/c1-5-12-7-13(16(6-2)15-12)8-14(17)10-18-9-11(3)4/h7,11H,5-6,8-10H2,1-4H3. The van der Waals surface area contributed by atoms with Crippen molar-refractivity contribution in [3.63, 3.8) is 0 Å². The predicted molar refractivity (Wildman–Crippen MR) is 78.2 cm³/mol. The van der Waals surface area contributed by atoms with E-state index in [0.29, 0.717) is 23.9 Å². The van der Waals surface area contributed by atoms with Crippen LogP contribution in [-0.4, -0.2) is 27.1 Å². The Balaban J connectivity index is 2.50. The molecular formula is C14H24N2OS. The minimum absolute atomic E-state index is 0.304. The minimum Gasteiger partial charge on any atom is -0.298 e. The fourth-order valence-electron chi connectivity index (χ4n) is 1.77. The first-order valence-corrected chi connectivity index (χ1v) is 7.87. The van der Waals surface area contributed by atoms with Crippen LogP contribution in [0.5, 0.6) is 0 Å². The van der Waals surface area contributed by atoms with Gasteiger partial charge in [-0.1, -0.05) is 20.8 Å². The summed E-state index contributed by atoms with van der Waals surface area (Å²) in [5.74, 6) is 2.63. The Hall–Kier alpha value is -0.770. The predicted octanol–water partition coefficient (Wildman–Crippen LogP) is 2.97. The topological polar surface area (TPSA) is 34.9 Å². The van der Waals surface area contributed by atoms with Gasteiger partial charge in [-0.25, -0.2) is 0 Å². The minimum atomic E-state index is 0.304. The molecule has 0 bridgehead atoms. The van der Waals surface area contributed by atoms with Crippen LogP contribution in [0.2, 0.25) is 0 Å². The summed E-state index contributed by atoms with van der Waals surface area (Å²) >= 11 is 1.74. The fourth-order valence-corrected chi connectivity index (χ4v) is 2.68. The van der Waals surface area contributed by atoms with E-state index in [0.717, 1.165) is 30.1 Å². The molecule has 1 heterocycles. The normalized spacial score (nSPS) is 11.2. The van der Waals surface area contributed by atoms with Crippen molar-refractivity contribution < 1.29 is 4.79 Å². The Morgan fingerprint density at radius 2 is 2.17 bits per heavy atom. The molecule has 0 aliphatic heterocycles. The maximum atomic E-state index is 11.9. The highest BCUT2D eigenvalue weighted by atomic mass is 32.2. The average Bonchev–Trinajstić information content (AvgIpc) is 2.70. The van der Waals surface area contributed by atoms with Gasteiger partial charge in [0.25, 0.3) is 0 Å². The van der Waals surface area contributed by atoms with Gasteiger partial charge in [-0.05, 0) is 31.1 Å². The summed E-state index contributed by atoms with van der Waals surface area (Å²) in [5.41, 5.74) is 2.14. The molecule has 1 rings (SSSR count). The molecule has 0 spiro atoms.